The van der Waals surface area contributed by atoms with E-state index in [1.54, 1.807) is 6.20 Å². The van der Waals surface area contributed by atoms with Gasteiger partial charge in [-0.05, 0) is 36.6 Å². The van der Waals surface area contributed by atoms with E-state index in [-0.39, 0.29) is 30.5 Å². The van der Waals surface area contributed by atoms with Crippen LogP contribution in [0.25, 0.3) is 6.08 Å². The Labute approximate surface area is 152 Å². The Morgan fingerprint density at radius 3 is 3.04 bits per heavy atom. The molecule has 1 aromatic carbocycles. The monoisotopic (exact) mass is 350 g/mol. The molecule has 1 amide bonds. The Hall–Kier alpha value is -2.73. The Morgan fingerprint density at radius 1 is 1.42 bits per heavy atom. The first-order chi connectivity index (χ1) is 12.7. The van der Waals surface area contributed by atoms with E-state index in [1.807, 2.05) is 30.0 Å². The van der Waals surface area contributed by atoms with Crippen molar-refractivity contribution in [3.05, 3.63) is 59.7 Å². The fourth-order valence-corrected chi connectivity index (χ4v) is 4.16. The van der Waals surface area contributed by atoms with Crippen molar-refractivity contribution in [3.8, 4) is 0 Å². The number of hydrogen-bond donors (Lipinski definition) is 2. The van der Waals surface area contributed by atoms with Gasteiger partial charge >= 0.3 is 0 Å². The molecule has 3 heterocycles. The summed E-state index contributed by atoms with van der Waals surface area (Å²) in [4.78, 5) is 23.1. The number of aromatic nitrogens is 2. The minimum Gasteiger partial charge on any atom is -0.394 e. The third-order valence-corrected chi connectivity index (χ3v) is 5.30. The minimum absolute atomic E-state index is 0.0460. The Morgan fingerprint density at radius 2 is 2.31 bits per heavy atom. The molecule has 1 fully saturated rings. The van der Waals surface area contributed by atoms with Crippen LogP contribution in [-0.4, -0.2) is 45.1 Å². The van der Waals surface area contributed by atoms with Crippen molar-refractivity contribution in [2.24, 2.45) is 5.92 Å². The van der Waals surface area contributed by atoms with Crippen molar-refractivity contribution >= 4 is 17.7 Å². The molecule has 2 aliphatic heterocycles. The van der Waals surface area contributed by atoms with Crippen molar-refractivity contribution < 1.29 is 9.90 Å². The number of likely N-dealkylation sites (tertiary alicyclic amines) is 1. The van der Waals surface area contributed by atoms with Gasteiger partial charge in [0.1, 0.15) is 5.69 Å². The first-order valence-corrected chi connectivity index (χ1v) is 8.94. The Balaban J connectivity index is 1.76. The van der Waals surface area contributed by atoms with Crippen molar-refractivity contribution in [3.63, 3.8) is 0 Å². The summed E-state index contributed by atoms with van der Waals surface area (Å²) in [5, 5.41) is 13.3. The van der Waals surface area contributed by atoms with Crippen molar-refractivity contribution in [2.45, 2.75) is 25.4 Å². The lowest BCUT2D eigenvalue weighted by atomic mass is 9.82. The van der Waals surface area contributed by atoms with E-state index in [9.17, 15) is 9.90 Å². The highest BCUT2D eigenvalue weighted by atomic mass is 16.3. The van der Waals surface area contributed by atoms with Crippen LogP contribution in [0, 0.1) is 5.92 Å². The lowest BCUT2D eigenvalue weighted by Gasteiger charge is -2.39. The molecule has 3 atom stereocenters. The summed E-state index contributed by atoms with van der Waals surface area (Å²) < 4.78 is 0. The fourth-order valence-electron chi connectivity index (χ4n) is 4.16. The molecular weight excluding hydrogens is 328 g/mol. The van der Waals surface area contributed by atoms with Crippen LogP contribution in [0.5, 0.6) is 0 Å². The summed E-state index contributed by atoms with van der Waals surface area (Å²) in [5.41, 5.74) is 3.55. The number of amides is 1. The predicted octanol–water partition coefficient (Wildman–Crippen LogP) is 2.50. The third kappa shape index (κ3) is 2.76. The molecule has 1 saturated heterocycles. The van der Waals surface area contributed by atoms with Gasteiger partial charge in [0.2, 0.25) is 0 Å². The molecule has 2 aliphatic rings. The minimum atomic E-state index is -0.105. The maximum Gasteiger partial charge on any atom is 0.274 e. The average molecular weight is 350 g/mol. The number of benzene rings is 1. The maximum absolute atomic E-state index is 13.0. The molecule has 26 heavy (non-hydrogen) atoms. The standard InChI is InChI=1S/C20H22N4O2/c1-2-3-13-4-5-16-15(10-13)19-14(18(12-25)23-16)6-9-24(19)20(26)17-11-21-7-8-22-17/h2-5,7-8,10-11,14,18-19,23,25H,6,9,12H2,1H3/t14-,18-,19-/m0/s1. The number of allylic oxidation sites excluding steroid dienone is 1. The number of anilines is 1. The van der Waals surface area contributed by atoms with Gasteiger partial charge in [-0.15, -0.1) is 0 Å². The number of aliphatic hydroxyl groups is 1. The van der Waals surface area contributed by atoms with Crippen molar-refractivity contribution in [2.75, 3.05) is 18.5 Å². The van der Waals surface area contributed by atoms with E-state index in [1.165, 1.54) is 12.4 Å². The van der Waals surface area contributed by atoms with Gasteiger partial charge in [-0.2, -0.15) is 0 Å². The third-order valence-electron chi connectivity index (χ3n) is 5.30. The molecule has 2 aromatic rings. The normalized spacial score (nSPS) is 24.2. The second-order valence-corrected chi connectivity index (χ2v) is 6.77. The number of hydrogen-bond acceptors (Lipinski definition) is 5. The SMILES string of the molecule is CC=Cc1ccc2c(c1)[C@@H]1[C@@H](CCN1C(=O)c1cnccn1)[C@H](CO)N2. The van der Waals surface area contributed by atoms with Gasteiger partial charge in [0.15, 0.2) is 0 Å². The van der Waals surface area contributed by atoms with Gasteiger partial charge in [-0.3, -0.25) is 9.78 Å². The van der Waals surface area contributed by atoms with Gasteiger partial charge in [0, 0.05) is 30.5 Å². The highest BCUT2D eigenvalue weighted by Crippen LogP contribution is 2.47. The Kier molecular flexibility index (Phi) is 4.42. The van der Waals surface area contributed by atoms with Gasteiger partial charge in [0.05, 0.1) is 24.9 Å². The highest BCUT2D eigenvalue weighted by molar-refractivity contribution is 5.92. The largest absolute Gasteiger partial charge is 0.394 e. The van der Waals surface area contributed by atoms with Crippen LogP contribution in [0.3, 0.4) is 0 Å². The smallest absolute Gasteiger partial charge is 0.274 e. The van der Waals surface area contributed by atoms with Gasteiger partial charge in [-0.25, -0.2) is 4.98 Å². The molecule has 0 unspecified atom stereocenters. The molecule has 0 radical (unpaired) electrons. The fraction of sp³-hybridized carbons (Fsp3) is 0.350. The Bertz CT molecular complexity index is 837. The van der Waals surface area contributed by atoms with Crippen molar-refractivity contribution in [1.82, 2.24) is 14.9 Å². The van der Waals surface area contributed by atoms with Crippen LogP contribution in [0.2, 0.25) is 0 Å². The number of nitrogens with zero attached hydrogens (tertiary/aromatic N) is 3. The number of nitrogens with one attached hydrogen (secondary N) is 1. The average Bonchev–Trinajstić information content (AvgIpc) is 3.13. The molecule has 0 aliphatic carbocycles. The highest BCUT2D eigenvalue weighted by Gasteiger charge is 2.46. The topological polar surface area (TPSA) is 78.4 Å². The summed E-state index contributed by atoms with van der Waals surface area (Å²) in [6.45, 7) is 2.68. The summed E-state index contributed by atoms with van der Waals surface area (Å²) in [7, 11) is 0. The van der Waals surface area contributed by atoms with Gasteiger partial charge < -0.3 is 15.3 Å². The van der Waals surface area contributed by atoms with Crippen LogP contribution in [0.1, 0.15) is 41.0 Å². The van der Waals surface area contributed by atoms with E-state index in [4.69, 9.17) is 0 Å². The number of carbonyl (C=O) groups excluding carboxylic acids is 1. The molecule has 0 spiro atoms. The first kappa shape index (κ1) is 16.7. The zero-order valence-electron chi connectivity index (χ0n) is 14.7. The molecule has 1 aromatic heterocycles. The molecule has 6 nitrogen and oxygen atoms in total. The van der Waals surface area contributed by atoms with E-state index < -0.39 is 0 Å². The summed E-state index contributed by atoms with van der Waals surface area (Å²) in [6.07, 6.45) is 9.52. The van der Waals surface area contributed by atoms with E-state index in [0.29, 0.717) is 12.2 Å². The number of aliphatic hydroxyl groups excluding tert-OH is 1. The number of rotatable bonds is 3. The predicted molar refractivity (Wildman–Crippen MR) is 99.6 cm³/mol. The van der Waals surface area contributed by atoms with Gasteiger partial charge in [0.25, 0.3) is 5.91 Å². The van der Waals surface area contributed by atoms with Crippen LogP contribution in [0.4, 0.5) is 5.69 Å². The quantitative estimate of drug-likeness (QED) is 0.889. The van der Waals surface area contributed by atoms with Gasteiger partial charge in [-0.1, -0.05) is 18.2 Å². The molecule has 0 saturated carbocycles. The molecule has 134 valence electrons. The number of carbonyl (C=O) groups is 1. The van der Waals surface area contributed by atoms with E-state index in [0.717, 1.165) is 23.2 Å². The second-order valence-electron chi connectivity index (χ2n) is 6.77. The lowest BCUT2D eigenvalue weighted by Crippen LogP contribution is -2.43. The van der Waals surface area contributed by atoms with E-state index >= 15 is 0 Å². The van der Waals surface area contributed by atoms with Crippen LogP contribution in [-0.2, 0) is 0 Å². The molecule has 0 bridgehead atoms. The maximum atomic E-state index is 13.0. The molecule has 6 heteroatoms. The zero-order chi connectivity index (χ0) is 18.1. The van der Waals surface area contributed by atoms with Crippen molar-refractivity contribution in [1.29, 1.82) is 0 Å². The molecule has 4 rings (SSSR count). The summed E-state index contributed by atoms with van der Waals surface area (Å²) in [6, 6.07) is 6.09. The molecule has 2 N–H and O–H groups in total. The number of fused-ring (bicyclic) bond motifs is 3. The van der Waals surface area contributed by atoms with E-state index in [2.05, 4.69) is 27.4 Å². The summed E-state index contributed by atoms with van der Waals surface area (Å²) in [5.74, 6) is 0.0700. The zero-order valence-corrected chi connectivity index (χ0v) is 14.7. The first-order valence-electron chi connectivity index (χ1n) is 8.94. The van der Waals surface area contributed by atoms with Crippen LogP contribution < -0.4 is 5.32 Å². The van der Waals surface area contributed by atoms with Crippen LogP contribution >= 0.6 is 0 Å². The molecular formula is C20H22N4O2. The lowest BCUT2D eigenvalue weighted by molar-refractivity contribution is 0.0694. The van der Waals surface area contributed by atoms with Crippen LogP contribution in [0.15, 0.2) is 42.9 Å². The summed E-state index contributed by atoms with van der Waals surface area (Å²) >= 11 is 0. The second kappa shape index (κ2) is 6.88.